The summed E-state index contributed by atoms with van der Waals surface area (Å²) in [4.78, 5) is 4.13. The van der Waals surface area contributed by atoms with E-state index in [1.807, 2.05) is 0 Å². The summed E-state index contributed by atoms with van der Waals surface area (Å²) in [6.07, 6.45) is 1.62. The highest BCUT2D eigenvalue weighted by Crippen LogP contribution is 2.21. The molecule has 1 aromatic carbocycles. The number of ether oxygens (including phenoxy) is 1. The summed E-state index contributed by atoms with van der Waals surface area (Å²) in [7, 11) is 0.117. The van der Waals surface area contributed by atoms with Gasteiger partial charge in [-0.2, -0.15) is 0 Å². The fraction of sp³-hybridized carbons (Fsp3) is 0.100. The molecule has 0 bridgehead atoms. The minimum Gasteiger partial charge on any atom is -0.496 e. The lowest BCUT2D eigenvalue weighted by Gasteiger charge is -2.05. The summed E-state index contributed by atoms with van der Waals surface area (Å²) in [5.74, 6) is 0.721. The lowest BCUT2D eigenvalue weighted by Crippen LogP contribution is -2.29. The highest BCUT2D eigenvalue weighted by Gasteiger charge is 2.12. The molecule has 0 aliphatic carbocycles. The molecule has 2 aromatic rings. The van der Waals surface area contributed by atoms with Gasteiger partial charge in [-0.15, -0.1) is 0 Å². The first-order valence-corrected chi connectivity index (χ1v) is 4.51. The van der Waals surface area contributed by atoms with Crippen LogP contribution in [0.1, 0.15) is 0 Å². The fourth-order valence-corrected chi connectivity index (χ4v) is 1.48. The maximum absolute atomic E-state index is 9.01. The van der Waals surface area contributed by atoms with Gasteiger partial charge in [0.15, 0.2) is 0 Å². The molecule has 2 rings (SSSR count). The molecule has 0 aliphatic rings. The molecule has 5 heteroatoms. The number of nitrogens with zero attached hydrogens (tertiary/aromatic N) is 1. The second-order valence-corrected chi connectivity index (χ2v) is 3.16. The van der Waals surface area contributed by atoms with E-state index in [4.69, 9.17) is 14.8 Å². The molecule has 1 heterocycles. The molecule has 0 unspecified atom stereocenters. The number of benzene rings is 1. The van der Waals surface area contributed by atoms with Gasteiger partial charge in [0.05, 0.1) is 12.6 Å². The van der Waals surface area contributed by atoms with Crippen LogP contribution >= 0.6 is 0 Å². The highest BCUT2D eigenvalue weighted by atomic mass is 16.5. The molecule has 15 heavy (non-hydrogen) atoms. The SMILES string of the molecule is COc1ccnc2cc(B(O)O)ccc12. The maximum atomic E-state index is 9.01. The average molecular weight is 203 g/mol. The van der Waals surface area contributed by atoms with E-state index in [9.17, 15) is 0 Å². The van der Waals surface area contributed by atoms with Crippen LogP contribution in [0.25, 0.3) is 10.9 Å². The van der Waals surface area contributed by atoms with Crippen molar-refractivity contribution in [2.24, 2.45) is 0 Å². The van der Waals surface area contributed by atoms with Crippen molar-refractivity contribution in [3.05, 3.63) is 30.5 Å². The number of methoxy groups -OCH3 is 1. The van der Waals surface area contributed by atoms with Crippen molar-refractivity contribution in [2.75, 3.05) is 7.11 Å². The predicted octanol–water partition coefficient (Wildman–Crippen LogP) is -0.0768. The summed E-state index contributed by atoms with van der Waals surface area (Å²) in [5.41, 5.74) is 1.10. The van der Waals surface area contributed by atoms with Gasteiger partial charge in [0.2, 0.25) is 0 Å². The molecule has 0 radical (unpaired) electrons. The minimum absolute atomic E-state index is 0.420. The third-order valence-electron chi connectivity index (χ3n) is 2.24. The maximum Gasteiger partial charge on any atom is 0.488 e. The predicted molar refractivity (Wildman–Crippen MR) is 58.1 cm³/mol. The van der Waals surface area contributed by atoms with Gasteiger partial charge in [-0.25, -0.2) is 0 Å². The standard InChI is InChI=1S/C10H10BNO3/c1-15-10-4-5-12-9-6-7(11(13)14)2-3-8(9)10/h2-6,13-14H,1H3. The third kappa shape index (κ3) is 1.79. The van der Waals surface area contributed by atoms with Crippen molar-refractivity contribution >= 4 is 23.5 Å². The van der Waals surface area contributed by atoms with Gasteiger partial charge in [0.1, 0.15) is 5.75 Å². The molecule has 76 valence electrons. The Kier molecular flexibility index (Phi) is 2.57. The Morgan fingerprint density at radius 2 is 2.07 bits per heavy atom. The van der Waals surface area contributed by atoms with E-state index in [1.165, 1.54) is 0 Å². The molecule has 0 saturated carbocycles. The van der Waals surface area contributed by atoms with E-state index in [2.05, 4.69) is 4.98 Å². The zero-order chi connectivity index (χ0) is 10.8. The third-order valence-corrected chi connectivity index (χ3v) is 2.24. The van der Waals surface area contributed by atoms with E-state index < -0.39 is 7.12 Å². The fourth-order valence-electron chi connectivity index (χ4n) is 1.48. The number of aromatic nitrogens is 1. The molecule has 1 aromatic heterocycles. The Bertz CT molecular complexity index is 487. The Labute approximate surface area is 87.3 Å². The van der Waals surface area contributed by atoms with Gasteiger partial charge in [0, 0.05) is 11.6 Å². The Morgan fingerprint density at radius 3 is 2.73 bits per heavy atom. The Balaban J connectivity index is 2.63. The van der Waals surface area contributed by atoms with Gasteiger partial charge < -0.3 is 14.8 Å². The van der Waals surface area contributed by atoms with Gasteiger partial charge >= 0.3 is 7.12 Å². The second kappa shape index (κ2) is 3.88. The highest BCUT2D eigenvalue weighted by molar-refractivity contribution is 6.58. The van der Waals surface area contributed by atoms with Crippen LogP contribution in [-0.2, 0) is 0 Å². The smallest absolute Gasteiger partial charge is 0.488 e. The first-order valence-electron chi connectivity index (χ1n) is 4.51. The van der Waals surface area contributed by atoms with Gasteiger partial charge in [-0.1, -0.05) is 6.07 Å². The zero-order valence-electron chi connectivity index (χ0n) is 8.21. The topological polar surface area (TPSA) is 62.6 Å². The van der Waals surface area contributed by atoms with E-state index in [0.29, 0.717) is 11.0 Å². The van der Waals surface area contributed by atoms with Crippen LogP contribution < -0.4 is 10.2 Å². The van der Waals surface area contributed by atoms with Crippen molar-refractivity contribution in [3.8, 4) is 5.75 Å². The van der Waals surface area contributed by atoms with Crippen LogP contribution in [-0.4, -0.2) is 29.3 Å². The molecular weight excluding hydrogens is 193 g/mol. The van der Waals surface area contributed by atoms with Crippen molar-refractivity contribution in [1.29, 1.82) is 0 Å². The number of hydrogen-bond acceptors (Lipinski definition) is 4. The van der Waals surface area contributed by atoms with E-state index >= 15 is 0 Å². The molecule has 0 fully saturated rings. The van der Waals surface area contributed by atoms with Gasteiger partial charge in [-0.3, -0.25) is 4.98 Å². The molecule has 0 saturated heterocycles. The van der Waals surface area contributed by atoms with Crippen LogP contribution in [0, 0.1) is 0 Å². The first-order chi connectivity index (χ1) is 7.22. The van der Waals surface area contributed by atoms with Crippen molar-refractivity contribution in [2.45, 2.75) is 0 Å². The van der Waals surface area contributed by atoms with E-state index in [-0.39, 0.29) is 0 Å². The van der Waals surface area contributed by atoms with Gasteiger partial charge in [-0.05, 0) is 23.7 Å². The minimum atomic E-state index is -1.47. The van der Waals surface area contributed by atoms with Crippen LogP contribution in [0.4, 0.5) is 0 Å². The van der Waals surface area contributed by atoms with E-state index in [0.717, 1.165) is 11.1 Å². The Morgan fingerprint density at radius 1 is 1.27 bits per heavy atom. The van der Waals surface area contributed by atoms with Crippen molar-refractivity contribution in [3.63, 3.8) is 0 Å². The van der Waals surface area contributed by atoms with Crippen LogP contribution in [0.15, 0.2) is 30.5 Å². The van der Waals surface area contributed by atoms with Crippen molar-refractivity contribution in [1.82, 2.24) is 4.98 Å². The largest absolute Gasteiger partial charge is 0.496 e. The summed E-state index contributed by atoms with van der Waals surface area (Å²) in [6, 6.07) is 6.78. The summed E-state index contributed by atoms with van der Waals surface area (Å²) >= 11 is 0. The summed E-state index contributed by atoms with van der Waals surface area (Å²) in [6.45, 7) is 0. The van der Waals surface area contributed by atoms with Crippen LogP contribution in [0.2, 0.25) is 0 Å². The van der Waals surface area contributed by atoms with Gasteiger partial charge in [0.25, 0.3) is 0 Å². The van der Waals surface area contributed by atoms with E-state index in [1.54, 1.807) is 37.6 Å². The number of pyridine rings is 1. The van der Waals surface area contributed by atoms with Crippen molar-refractivity contribution < 1.29 is 14.8 Å². The lowest BCUT2D eigenvalue weighted by molar-refractivity contribution is 0.419. The quantitative estimate of drug-likeness (QED) is 0.670. The van der Waals surface area contributed by atoms with Crippen LogP contribution in [0.5, 0.6) is 5.75 Å². The molecule has 0 aliphatic heterocycles. The normalized spacial score (nSPS) is 10.3. The molecular formula is C10H10BNO3. The average Bonchev–Trinajstić information content (AvgIpc) is 2.27. The lowest BCUT2D eigenvalue weighted by atomic mass is 9.80. The molecule has 0 amide bonds. The monoisotopic (exact) mass is 203 g/mol. The number of fused-ring (bicyclic) bond motifs is 1. The number of rotatable bonds is 2. The zero-order valence-corrected chi connectivity index (χ0v) is 8.21. The molecule has 0 spiro atoms. The molecule has 4 nitrogen and oxygen atoms in total. The number of hydrogen-bond donors (Lipinski definition) is 2. The molecule has 2 N–H and O–H groups in total. The summed E-state index contributed by atoms with van der Waals surface area (Å²) < 4.78 is 5.16. The summed E-state index contributed by atoms with van der Waals surface area (Å²) in [5, 5.41) is 18.9. The Hall–Kier alpha value is -1.59. The van der Waals surface area contributed by atoms with Crippen LogP contribution in [0.3, 0.4) is 0 Å². The first kappa shape index (κ1) is 9.95. The second-order valence-electron chi connectivity index (χ2n) is 3.16. The molecule has 0 atom stereocenters.